The van der Waals surface area contributed by atoms with Crippen molar-refractivity contribution in [3.05, 3.63) is 59.9 Å². The fraction of sp³-hybridized carbons (Fsp3) is 0.333. The van der Waals surface area contributed by atoms with Gasteiger partial charge >= 0.3 is 0 Å². The number of aliphatic hydroxyl groups excluding tert-OH is 1. The molecule has 126 valence electrons. The van der Waals surface area contributed by atoms with Crippen LogP contribution in [-0.4, -0.2) is 46.7 Å². The van der Waals surface area contributed by atoms with Gasteiger partial charge in [0, 0.05) is 31.4 Å². The van der Waals surface area contributed by atoms with Crippen molar-refractivity contribution in [2.75, 3.05) is 25.0 Å². The van der Waals surface area contributed by atoms with E-state index in [4.69, 9.17) is 4.74 Å². The average Bonchev–Trinajstić information content (AvgIpc) is 2.63. The third-order valence-corrected chi connectivity index (χ3v) is 4.03. The lowest BCUT2D eigenvalue weighted by atomic mass is 10.1. The Hall–Kier alpha value is -2.28. The highest BCUT2D eigenvalue weighted by Gasteiger charge is 2.27. The lowest BCUT2D eigenvalue weighted by molar-refractivity contribution is -0.133. The van der Waals surface area contributed by atoms with Crippen LogP contribution in [0.15, 0.2) is 48.8 Å². The number of anilines is 1. The number of aliphatic hydroxyl groups is 1. The molecule has 0 spiro atoms. The van der Waals surface area contributed by atoms with E-state index in [1.807, 2.05) is 18.2 Å². The predicted octanol–water partition coefficient (Wildman–Crippen LogP) is 1.41. The van der Waals surface area contributed by atoms with Crippen molar-refractivity contribution < 1.29 is 14.6 Å². The van der Waals surface area contributed by atoms with Crippen molar-refractivity contribution in [2.24, 2.45) is 0 Å². The molecule has 0 radical (unpaired) electrons. The van der Waals surface area contributed by atoms with Crippen LogP contribution < -0.4 is 5.32 Å². The fourth-order valence-corrected chi connectivity index (χ4v) is 2.73. The van der Waals surface area contributed by atoms with Crippen LogP contribution in [0.2, 0.25) is 0 Å². The second-order valence-corrected chi connectivity index (χ2v) is 5.76. The second kappa shape index (κ2) is 8.01. The Bertz CT molecular complexity index is 678. The van der Waals surface area contributed by atoms with Crippen LogP contribution in [-0.2, 0) is 22.7 Å². The van der Waals surface area contributed by atoms with Gasteiger partial charge in [0.05, 0.1) is 25.1 Å². The van der Waals surface area contributed by atoms with E-state index in [9.17, 15) is 9.90 Å². The topological polar surface area (TPSA) is 74.7 Å². The number of pyridine rings is 1. The summed E-state index contributed by atoms with van der Waals surface area (Å²) in [5.74, 6) is -0.213. The van der Waals surface area contributed by atoms with Gasteiger partial charge in [-0.15, -0.1) is 0 Å². The van der Waals surface area contributed by atoms with Gasteiger partial charge in [0.25, 0.3) is 5.91 Å². The first-order valence-corrected chi connectivity index (χ1v) is 7.99. The zero-order chi connectivity index (χ0) is 16.8. The van der Waals surface area contributed by atoms with E-state index in [1.165, 1.54) is 11.8 Å². The minimum Gasteiger partial charge on any atom is -0.392 e. The first-order valence-electron chi connectivity index (χ1n) is 7.99. The van der Waals surface area contributed by atoms with Crippen LogP contribution in [0.3, 0.4) is 0 Å². The Morgan fingerprint density at radius 2 is 2.17 bits per heavy atom. The summed E-state index contributed by atoms with van der Waals surface area (Å²) in [6.45, 7) is 2.50. The maximum Gasteiger partial charge on any atom is 0.254 e. The normalized spacial score (nSPS) is 18.3. The van der Waals surface area contributed by atoms with Crippen molar-refractivity contribution in [3.8, 4) is 0 Å². The largest absolute Gasteiger partial charge is 0.392 e. The van der Waals surface area contributed by atoms with Crippen molar-refractivity contribution in [1.82, 2.24) is 9.88 Å². The third kappa shape index (κ3) is 4.17. The fourth-order valence-electron chi connectivity index (χ4n) is 2.73. The van der Waals surface area contributed by atoms with E-state index in [0.717, 1.165) is 13.1 Å². The molecule has 2 N–H and O–H groups in total. The van der Waals surface area contributed by atoms with Gasteiger partial charge in [0.1, 0.15) is 6.10 Å². The summed E-state index contributed by atoms with van der Waals surface area (Å²) >= 11 is 0. The molecule has 1 aromatic heterocycles. The van der Waals surface area contributed by atoms with E-state index >= 15 is 0 Å². The second-order valence-electron chi connectivity index (χ2n) is 5.76. The molecular weight excluding hydrogens is 306 g/mol. The summed E-state index contributed by atoms with van der Waals surface area (Å²) in [4.78, 5) is 18.7. The number of carbonyl (C=O) groups excluding carboxylic acids is 1. The highest BCUT2D eigenvalue weighted by atomic mass is 16.5. The molecule has 1 aliphatic heterocycles. The van der Waals surface area contributed by atoms with Crippen molar-refractivity contribution in [3.63, 3.8) is 0 Å². The Balaban J connectivity index is 1.60. The molecular formula is C18H21N3O3. The maximum absolute atomic E-state index is 12.5. The highest BCUT2D eigenvalue weighted by Crippen LogP contribution is 2.16. The number of ether oxygens (including phenoxy) is 1. The van der Waals surface area contributed by atoms with Gasteiger partial charge in [-0.05, 0) is 11.6 Å². The number of rotatable bonds is 5. The molecule has 0 aliphatic carbocycles. The monoisotopic (exact) mass is 327 g/mol. The first-order chi connectivity index (χ1) is 11.8. The van der Waals surface area contributed by atoms with Crippen LogP contribution in [0.1, 0.15) is 11.1 Å². The van der Waals surface area contributed by atoms with Gasteiger partial charge in [0.15, 0.2) is 0 Å². The van der Waals surface area contributed by atoms with E-state index in [1.54, 1.807) is 12.3 Å². The standard InChI is InChI=1S/C18H21N3O3/c22-13-15-6-7-19-10-16(15)20-18(23)17-12-21(8-9-24-17)11-14-4-2-1-3-5-14/h1-7,10,17,22H,8-9,11-13H2,(H,20,23)/t17-/m0/s1. The molecule has 2 aromatic rings. The average molecular weight is 327 g/mol. The number of morpholine rings is 1. The maximum atomic E-state index is 12.5. The quantitative estimate of drug-likeness (QED) is 0.869. The molecule has 1 aromatic carbocycles. The summed E-state index contributed by atoms with van der Waals surface area (Å²) in [5.41, 5.74) is 2.37. The van der Waals surface area contributed by atoms with E-state index < -0.39 is 6.10 Å². The molecule has 0 unspecified atom stereocenters. The third-order valence-electron chi connectivity index (χ3n) is 4.03. The lowest BCUT2D eigenvalue weighted by Crippen LogP contribution is -2.47. The molecule has 2 heterocycles. The van der Waals surface area contributed by atoms with Crippen molar-refractivity contribution in [1.29, 1.82) is 0 Å². The van der Waals surface area contributed by atoms with E-state index in [0.29, 0.717) is 24.4 Å². The van der Waals surface area contributed by atoms with Gasteiger partial charge in [-0.3, -0.25) is 14.7 Å². The summed E-state index contributed by atoms with van der Waals surface area (Å²) in [6, 6.07) is 11.9. The van der Waals surface area contributed by atoms with Gasteiger partial charge < -0.3 is 15.2 Å². The molecule has 0 saturated carbocycles. The zero-order valence-electron chi connectivity index (χ0n) is 13.4. The van der Waals surface area contributed by atoms with Gasteiger partial charge in [0.2, 0.25) is 0 Å². The highest BCUT2D eigenvalue weighted by molar-refractivity contribution is 5.94. The Morgan fingerprint density at radius 1 is 1.33 bits per heavy atom. The summed E-state index contributed by atoms with van der Waals surface area (Å²) < 4.78 is 5.62. The molecule has 0 bridgehead atoms. The van der Waals surface area contributed by atoms with Crippen LogP contribution in [0.4, 0.5) is 5.69 Å². The number of carbonyl (C=O) groups is 1. The molecule has 1 fully saturated rings. The van der Waals surface area contributed by atoms with Crippen LogP contribution in [0, 0.1) is 0 Å². The Labute approximate surface area is 141 Å². The first kappa shape index (κ1) is 16.6. The van der Waals surface area contributed by atoms with Crippen LogP contribution in [0.5, 0.6) is 0 Å². The van der Waals surface area contributed by atoms with E-state index in [-0.39, 0.29) is 12.5 Å². The van der Waals surface area contributed by atoms with E-state index in [2.05, 4.69) is 27.3 Å². The van der Waals surface area contributed by atoms with Gasteiger partial charge in [-0.1, -0.05) is 30.3 Å². The smallest absolute Gasteiger partial charge is 0.254 e. The van der Waals surface area contributed by atoms with Crippen molar-refractivity contribution in [2.45, 2.75) is 19.3 Å². The number of amides is 1. The summed E-state index contributed by atoms with van der Waals surface area (Å²) in [7, 11) is 0. The molecule has 1 atom stereocenters. The lowest BCUT2D eigenvalue weighted by Gasteiger charge is -2.32. The number of hydrogen-bond acceptors (Lipinski definition) is 5. The predicted molar refractivity (Wildman–Crippen MR) is 90.2 cm³/mol. The van der Waals surface area contributed by atoms with Crippen LogP contribution >= 0.6 is 0 Å². The molecule has 1 aliphatic rings. The Kier molecular flexibility index (Phi) is 5.53. The molecule has 3 rings (SSSR count). The Morgan fingerprint density at radius 3 is 2.96 bits per heavy atom. The molecule has 1 amide bonds. The molecule has 6 heteroatoms. The number of benzene rings is 1. The SMILES string of the molecule is O=C(Nc1cnccc1CO)[C@@H]1CN(Cc2ccccc2)CCO1. The van der Waals surface area contributed by atoms with Crippen molar-refractivity contribution >= 4 is 11.6 Å². The summed E-state index contributed by atoms with van der Waals surface area (Å²) in [6.07, 6.45) is 2.59. The minimum absolute atomic E-state index is 0.149. The molecule has 24 heavy (non-hydrogen) atoms. The number of hydrogen-bond donors (Lipinski definition) is 2. The summed E-state index contributed by atoms with van der Waals surface area (Å²) in [5, 5.41) is 12.1. The van der Waals surface area contributed by atoms with Gasteiger partial charge in [-0.2, -0.15) is 0 Å². The number of aromatic nitrogens is 1. The molecule has 1 saturated heterocycles. The number of nitrogens with zero attached hydrogens (tertiary/aromatic N) is 2. The van der Waals surface area contributed by atoms with Crippen LogP contribution in [0.25, 0.3) is 0 Å². The zero-order valence-corrected chi connectivity index (χ0v) is 13.4. The molecule has 6 nitrogen and oxygen atoms in total. The minimum atomic E-state index is -0.533. The number of nitrogens with one attached hydrogen (secondary N) is 1. The van der Waals surface area contributed by atoms with Gasteiger partial charge in [-0.25, -0.2) is 0 Å².